The van der Waals surface area contributed by atoms with Crippen LogP contribution in [-0.4, -0.2) is 12.3 Å². The van der Waals surface area contributed by atoms with Crippen LogP contribution in [0.1, 0.15) is 61.1 Å². The van der Waals surface area contributed by atoms with Crippen LogP contribution in [0.4, 0.5) is 0 Å². The molecule has 0 fully saturated rings. The Morgan fingerprint density at radius 3 is 0.906 bits per heavy atom. The molecule has 8 aromatic carbocycles. The Balaban J connectivity index is 0.000000165. The number of hydrogen-bond acceptors (Lipinski definition) is 0. The van der Waals surface area contributed by atoms with Gasteiger partial charge >= 0.3 is 44.8 Å². The zero-order valence-electron chi connectivity index (χ0n) is 36.6. The van der Waals surface area contributed by atoms with Gasteiger partial charge in [0, 0.05) is 10.8 Å². The summed E-state index contributed by atoms with van der Waals surface area (Å²) in [4.78, 5) is 0. The van der Waals surface area contributed by atoms with E-state index in [-0.39, 0.29) is 55.6 Å². The van der Waals surface area contributed by atoms with Gasteiger partial charge in [-0.2, -0.15) is 0 Å². The van der Waals surface area contributed by atoms with Gasteiger partial charge in [0.05, 0.1) is 37.1 Å². The number of fused-ring (bicyclic) bond motifs is 6. The Hall–Kier alpha value is -4.78. The fraction of sp³-hybridized carbons (Fsp3) is 0.133. The Morgan fingerprint density at radius 2 is 0.609 bits per heavy atom. The van der Waals surface area contributed by atoms with Crippen molar-refractivity contribution in [3.63, 3.8) is 0 Å². The van der Waals surface area contributed by atoms with Crippen LogP contribution in [0, 0.1) is 24.7 Å². The summed E-state index contributed by atoms with van der Waals surface area (Å²) >= 11 is 0. The molecule has 0 bridgehead atoms. The Morgan fingerprint density at radius 1 is 0.344 bits per heavy atom. The number of benzene rings is 8. The quantitative estimate of drug-likeness (QED) is 0.0646. The summed E-state index contributed by atoms with van der Waals surface area (Å²) in [6, 6.07) is 73.7. The monoisotopic (exact) mass is 1230 g/mol. The minimum absolute atomic E-state index is 0. The van der Waals surface area contributed by atoms with Crippen molar-refractivity contribution >= 4 is 37.1 Å². The SMILES string of the molecule is [Au+].[Au+].[C-]#Cc1cccc2c1-c1ccccc1C2(C)C.[C-]#Cc1cccc2c1-c1ccccc1C2(C)C.c1ccc([PH+](CC[PH+](c2ccccc2)c2ccccc2)c2ccccc2)cc1. The van der Waals surface area contributed by atoms with Crippen LogP contribution in [0.15, 0.2) is 206 Å². The van der Waals surface area contributed by atoms with Crippen LogP contribution >= 0.6 is 15.8 Å². The standard InChI is InChI=1S/C26H24P2.2C17H13.2Au/c1-5-13-23(14-6-1)27(24-15-7-2-8-16-24)21-22-28(25-17-9-3-10-18-25)26-19-11-4-12-20-26;2*1-4-12-8-7-11-15-16(12)13-9-5-6-10-14(13)17(15,2)3;;/h1-20H,21-22H2;2*5-11H,2-3H3;;/q;2*-1;2*+1/p+2. The van der Waals surface area contributed by atoms with Gasteiger partial charge in [-0.05, 0) is 81.9 Å². The van der Waals surface area contributed by atoms with E-state index in [9.17, 15) is 0 Å². The van der Waals surface area contributed by atoms with Crippen molar-refractivity contribution in [3.8, 4) is 34.1 Å². The van der Waals surface area contributed by atoms with Gasteiger partial charge in [0.2, 0.25) is 0 Å². The third-order valence-corrected chi connectivity index (χ3v) is 18.7. The van der Waals surface area contributed by atoms with E-state index < -0.39 is 15.8 Å². The van der Waals surface area contributed by atoms with Crippen molar-refractivity contribution in [1.29, 1.82) is 0 Å². The van der Waals surface area contributed by atoms with Gasteiger partial charge in [0.1, 0.15) is 12.3 Å². The van der Waals surface area contributed by atoms with Crippen molar-refractivity contribution < 1.29 is 44.8 Å². The zero-order valence-corrected chi connectivity index (χ0v) is 43.0. The van der Waals surface area contributed by atoms with Gasteiger partial charge in [0.15, 0.2) is 0 Å². The Kier molecular flexibility index (Phi) is 16.7. The van der Waals surface area contributed by atoms with Crippen molar-refractivity contribution in [2.75, 3.05) is 12.3 Å². The summed E-state index contributed by atoms with van der Waals surface area (Å²) in [5.41, 5.74) is 12.0. The fourth-order valence-electron chi connectivity index (χ4n) is 9.44. The first-order chi connectivity index (χ1) is 30.2. The normalized spacial score (nSPS) is 12.8. The molecule has 0 atom stereocenters. The summed E-state index contributed by atoms with van der Waals surface area (Å²) in [5, 5.41) is 6.06. The van der Waals surface area contributed by atoms with E-state index in [1.807, 2.05) is 24.3 Å². The molecule has 10 rings (SSSR count). The summed E-state index contributed by atoms with van der Waals surface area (Å²) < 4.78 is 0. The Labute approximate surface area is 415 Å². The van der Waals surface area contributed by atoms with E-state index in [0.29, 0.717) is 0 Å². The molecule has 0 amide bonds. The molecule has 0 heterocycles. The van der Waals surface area contributed by atoms with Crippen LogP contribution in [0.25, 0.3) is 22.3 Å². The van der Waals surface area contributed by atoms with Gasteiger partial charge in [0.25, 0.3) is 0 Å². The van der Waals surface area contributed by atoms with E-state index in [2.05, 4.69) is 222 Å². The molecule has 0 N–H and O–H groups in total. The van der Waals surface area contributed by atoms with Crippen molar-refractivity contribution in [1.82, 2.24) is 0 Å². The van der Waals surface area contributed by atoms with E-state index in [4.69, 9.17) is 12.8 Å². The predicted octanol–water partition coefficient (Wildman–Crippen LogP) is 12.6. The molecule has 0 unspecified atom stereocenters. The van der Waals surface area contributed by atoms with E-state index >= 15 is 0 Å². The third kappa shape index (κ3) is 10.0. The molecule has 0 aliphatic heterocycles. The molecule has 0 spiro atoms. The predicted molar refractivity (Wildman–Crippen MR) is 271 cm³/mol. The van der Waals surface area contributed by atoms with Crippen LogP contribution in [0.3, 0.4) is 0 Å². The fourth-order valence-corrected chi connectivity index (χ4v) is 15.6. The molecular formula is C60H52Au2P2+2. The van der Waals surface area contributed by atoms with E-state index in [1.54, 1.807) is 0 Å². The van der Waals surface area contributed by atoms with Gasteiger partial charge in [-0.15, -0.1) is 23.3 Å². The second-order valence-electron chi connectivity index (χ2n) is 17.0. The number of hydrogen-bond donors (Lipinski definition) is 0. The molecule has 4 heteroatoms. The van der Waals surface area contributed by atoms with Gasteiger partial charge < -0.3 is 12.8 Å². The van der Waals surface area contributed by atoms with Gasteiger partial charge in [-0.3, -0.25) is 11.8 Å². The maximum Gasteiger partial charge on any atom is 1.00 e. The van der Waals surface area contributed by atoms with Crippen LogP contribution in [0.2, 0.25) is 0 Å². The second kappa shape index (κ2) is 21.9. The summed E-state index contributed by atoms with van der Waals surface area (Å²) in [5.74, 6) is 5.11. The smallest absolute Gasteiger partial charge is 0.366 e. The summed E-state index contributed by atoms with van der Waals surface area (Å²) in [6.07, 6.45) is 17.4. The first-order valence-corrected chi connectivity index (χ1v) is 24.9. The molecule has 0 saturated carbocycles. The minimum atomic E-state index is -0.783. The minimum Gasteiger partial charge on any atom is -0.366 e. The molecule has 2 aliphatic rings. The van der Waals surface area contributed by atoms with E-state index in [1.165, 1.54) is 78.0 Å². The largest absolute Gasteiger partial charge is 1.00 e. The molecule has 8 aromatic rings. The first kappa shape index (κ1) is 48.7. The Bertz CT molecular complexity index is 2590. The van der Waals surface area contributed by atoms with E-state index in [0.717, 1.165) is 11.1 Å². The van der Waals surface area contributed by atoms with Crippen molar-refractivity contribution in [2.24, 2.45) is 0 Å². The molecule has 0 radical (unpaired) electrons. The third-order valence-electron chi connectivity index (χ3n) is 12.6. The maximum atomic E-state index is 7.43. The average molecular weight is 1230 g/mol. The number of rotatable bonds is 7. The molecule has 2 aliphatic carbocycles. The van der Waals surface area contributed by atoms with Crippen molar-refractivity contribution in [2.45, 2.75) is 38.5 Å². The molecule has 64 heavy (non-hydrogen) atoms. The molecule has 322 valence electrons. The first-order valence-electron chi connectivity index (χ1n) is 21.5. The zero-order chi connectivity index (χ0) is 43.1. The molecule has 0 nitrogen and oxygen atoms in total. The van der Waals surface area contributed by atoms with Crippen LogP contribution < -0.4 is 21.2 Å². The van der Waals surface area contributed by atoms with Crippen molar-refractivity contribution in [3.05, 3.63) is 252 Å². The van der Waals surface area contributed by atoms with Crippen LogP contribution in [0.5, 0.6) is 0 Å². The maximum absolute atomic E-state index is 7.43. The summed E-state index contributed by atoms with van der Waals surface area (Å²) in [6.45, 7) is 8.97. The molecule has 0 aromatic heterocycles. The second-order valence-corrected chi connectivity index (χ2v) is 22.2. The molecule has 0 saturated heterocycles. The van der Waals surface area contributed by atoms with Gasteiger partial charge in [-0.1, -0.05) is 184 Å². The topological polar surface area (TPSA) is 0 Å². The van der Waals surface area contributed by atoms with Gasteiger partial charge in [-0.25, -0.2) is 0 Å². The van der Waals surface area contributed by atoms with Crippen LogP contribution in [-0.2, 0) is 55.6 Å². The molecular weight excluding hydrogens is 1180 g/mol. The average Bonchev–Trinajstić information content (AvgIpc) is 3.72. The summed E-state index contributed by atoms with van der Waals surface area (Å²) in [7, 11) is -1.57.